The normalized spacial score (nSPS) is 24.6. The average molecular weight is 225 g/mol. The predicted octanol–water partition coefficient (Wildman–Crippen LogP) is 0.497. The van der Waals surface area contributed by atoms with Crippen LogP contribution in [0.1, 0.15) is 36.8 Å². The lowest BCUT2D eigenvalue weighted by Gasteiger charge is -2.15. The Balaban J connectivity index is 2.16. The molecule has 1 saturated heterocycles. The third-order valence-electron chi connectivity index (χ3n) is 2.77. The van der Waals surface area contributed by atoms with E-state index in [1.165, 1.54) is 0 Å². The van der Waals surface area contributed by atoms with E-state index in [0.29, 0.717) is 12.5 Å². The van der Waals surface area contributed by atoms with Gasteiger partial charge in [-0.1, -0.05) is 0 Å². The molecule has 1 aromatic heterocycles. The highest BCUT2D eigenvalue weighted by Gasteiger charge is 2.36. The van der Waals surface area contributed by atoms with Gasteiger partial charge in [0.15, 0.2) is 0 Å². The van der Waals surface area contributed by atoms with Crippen LogP contribution in [0.5, 0.6) is 0 Å². The SMILES string of the molecule is CCOC(=O)c1noc(C2(C)CCNC2)n1. The minimum Gasteiger partial charge on any atom is -0.460 e. The number of hydrogen-bond donors (Lipinski definition) is 1. The number of carbonyl (C=O) groups is 1. The summed E-state index contributed by atoms with van der Waals surface area (Å²) in [6.07, 6.45) is 0.928. The van der Waals surface area contributed by atoms with Gasteiger partial charge in [-0.05, 0) is 32.0 Å². The Hall–Kier alpha value is -1.43. The smallest absolute Gasteiger partial charge is 0.379 e. The third kappa shape index (κ3) is 1.92. The summed E-state index contributed by atoms with van der Waals surface area (Å²) in [7, 11) is 0. The van der Waals surface area contributed by atoms with Crippen LogP contribution in [0.15, 0.2) is 4.52 Å². The van der Waals surface area contributed by atoms with Crippen LogP contribution in [-0.2, 0) is 10.2 Å². The van der Waals surface area contributed by atoms with Gasteiger partial charge in [0.2, 0.25) is 5.89 Å². The van der Waals surface area contributed by atoms with E-state index in [1.54, 1.807) is 6.92 Å². The fourth-order valence-corrected chi connectivity index (χ4v) is 1.75. The van der Waals surface area contributed by atoms with Crippen LogP contribution in [0.25, 0.3) is 0 Å². The molecule has 2 rings (SSSR count). The maximum atomic E-state index is 11.4. The van der Waals surface area contributed by atoms with Gasteiger partial charge in [0.05, 0.1) is 12.0 Å². The molecule has 1 fully saturated rings. The molecule has 0 amide bonds. The summed E-state index contributed by atoms with van der Waals surface area (Å²) in [5.41, 5.74) is -0.169. The summed E-state index contributed by atoms with van der Waals surface area (Å²) >= 11 is 0. The number of nitrogens with one attached hydrogen (secondary N) is 1. The van der Waals surface area contributed by atoms with Crippen molar-refractivity contribution in [3.63, 3.8) is 0 Å². The first-order chi connectivity index (χ1) is 7.65. The molecule has 0 spiro atoms. The minimum absolute atomic E-state index is 0.00461. The zero-order valence-corrected chi connectivity index (χ0v) is 9.45. The number of ether oxygens (including phenoxy) is 1. The molecule has 1 aliphatic heterocycles. The highest BCUT2D eigenvalue weighted by atomic mass is 16.5. The first kappa shape index (κ1) is 11.1. The van der Waals surface area contributed by atoms with Crippen molar-refractivity contribution in [2.45, 2.75) is 25.7 Å². The Morgan fingerprint density at radius 1 is 1.69 bits per heavy atom. The van der Waals surface area contributed by atoms with Crippen LogP contribution in [-0.4, -0.2) is 35.8 Å². The van der Waals surface area contributed by atoms with Gasteiger partial charge < -0.3 is 14.6 Å². The highest BCUT2D eigenvalue weighted by Crippen LogP contribution is 2.28. The van der Waals surface area contributed by atoms with Gasteiger partial charge in [-0.25, -0.2) is 4.79 Å². The fraction of sp³-hybridized carbons (Fsp3) is 0.700. The van der Waals surface area contributed by atoms with Gasteiger partial charge in [-0.15, -0.1) is 0 Å². The zero-order chi connectivity index (χ0) is 11.6. The number of esters is 1. The molecule has 88 valence electrons. The van der Waals surface area contributed by atoms with Gasteiger partial charge in [0.25, 0.3) is 5.82 Å². The van der Waals surface area contributed by atoms with E-state index in [9.17, 15) is 4.79 Å². The van der Waals surface area contributed by atoms with E-state index >= 15 is 0 Å². The Morgan fingerprint density at radius 2 is 2.50 bits per heavy atom. The van der Waals surface area contributed by atoms with Gasteiger partial charge in [0, 0.05) is 6.54 Å². The maximum absolute atomic E-state index is 11.4. The van der Waals surface area contributed by atoms with Crippen molar-refractivity contribution >= 4 is 5.97 Å². The molecule has 16 heavy (non-hydrogen) atoms. The van der Waals surface area contributed by atoms with Crippen molar-refractivity contribution in [1.29, 1.82) is 0 Å². The predicted molar refractivity (Wildman–Crippen MR) is 55.1 cm³/mol. The summed E-state index contributed by atoms with van der Waals surface area (Å²) in [6.45, 7) is 5.79. The van der Waals surface area contributed by atoms with Crippen LogP contribution in [0.3, 0.4) is 0 Å². The molecule has 6 heteroatoms. The number of nitrogens with zero attached hydrogens (tertiary/aromatic N) is 2. The van der Waals surface area contributed by atoms with Gasteiger partial charge in [0.1, 0.15) is 0 Å². The van der Waals surface area contributed by atoms with E-state index < -0.39 is 5.97 Å². The Morgan fingerprint density at radius 3 is 3.12 bits per heavy atom. The minimum atomic E-state index is -0.535. The average Bonchev–Trinajstić information content (AvgIpc) is 2.86. The number of hydrogen-bond acceptors (Lipinski definition) is 6. The topological polar surface area (TPSA) is 77.2 Å². The number of aromatic nitrogens is 2. The van der Waals surface area contributed by atoms with E-state index in [1.807, 2.05) is 6.92 Å². The van der Waals surface area contributed by atoms with Crippen molar-refractivity contribution in [1.82, 2.24) is 15.5 Å². The summed E-state index contributed by atoms with van der Waals surface area (Å²) in [6, 6.07) is 0. The second-order valence-electron chi connectivity index (χ2n) is 4.13. The van der Waals surface area contributed by atoms with Crippen LogP contribution < -0.4 is 5.32 Å². The van der Waals surface area contributed by atoms with Crippen LogP contribution >= 0.6 is 0 Å². The molecule has 0 aromatic carbocycles. The van der Waals surface area contributed by atoms with E-state index in [2.05, 4.69) is 15.5 Å². The molecule has 6 nitrogen and oxygen atoms in total. The molecular formula is C10H15N3O3. The standard InChI is InChI=1S/C10H15N3O3/c1-3-15-8(14)7-12-9(16-13-7)10(2)4-5-11-6-10/h11H,3-6H2,1-2H3. The third-order valence-corrected chi connectivity index (χ3v) is 2.77. The second kappa shape index (κ2) is 4.21. The molecule has 1 N–H and O–H groups in total. The molecule has 1 unspecified atom stereocenters. The molecule has 0 aliphatic carbocycles. The molecule has 2 heterocycles. The lowest BCUT2D eigenvalue weighted by atomic mass is 9.90. The summed E-state index contributed by atoms with van der Waals surface area (Å²) in [5.74, 6) is -0.0300. The monoisotopic (exact) mass is 225 g/mol. The molecule has 1 aliphatic rings. The molecule has 1 atom stereocenters. The maximum Gasteiger partial charge on any atom is 0.379 e. The lowest BCUT2D eigenvalue weighted by molar-refractivity contribution is 0.0508. The quantitative estimate of drug-likeness (QED) is 0.755. The molecule has 0 bridgehead atoms. The second-order valence-corrected chi connectivity index (χ2v) is 4.13. The molecular weight excluding hydrogens is 210 g/mol. The van der Waals surface area contributed by atoms with E-state index in [-0.39, 0.29) is 11.2 Å². The van der Waals surface area contributed by atoms with Crippen molar-refractivity contribution < 1.29 is 14.1 Å². The van der Waals surface area contributed by atoms with E-state index in [0.717, 1.165) is 19.5 Å². The van der Waals surface area contributed by atoms with Crippen molar-refractivity contribution in [2.24, 2.45) is 0 Å². The van der Waals surface area contributed by atoms with Crippen molar-refractivity contribution in [3.05, 3.63) is 11.7 Å². The Bertz CT molecular complexity index is 382. The molecule has 0 saturated carbocycles. The van der Waals surface area contributed by atoms with Gasteiger partial charge >= 0.3 is 5.97 Å². The summed E-state index contributed by atoms with van der Waals surface area (Å²) in [5, 5.41) is 6.87. The molecule has 1 aromatic rings. The summed E-state index contributed by atoms with van der Waals surface area (Å²) < 4.78 is 9.91. The van der Waals surface area contributed by atoms with Crippen LogP contribution in [0.2, 0.25) is 0 Å². The number of carbonyl (C=O) groups excluding carboxylic acids is 1. The fourth-order valence-electron chi connectivity index (χ4n) is 1.75. The van der Waals surface area contributed by atoms with Crippen LogP contribution in [0.4, 0.5) is 0 Å². The van der Waals surface area contributed by atoms with Crippen molar-refractivity contribution in [3.8, 4) is 0 Å². The van der Waals surface area contributed by atoms with Gasteiger partial charge in [-0.3, -0.25) is 0 Å². The molecule has 0 radical (unpaired) electrons. The van der Waals surface area contributed by atoms with Crippen molar-refractivity contribution in [2.75, 3.05) is 19.7 Å². The lowest BCUT2D eigenvalue weighted by Crippen LogP contribution is -2.25. The van der Waals surface area contributed by atoms with E-state index in [4.69, 9.17) is 9.26 Å². The summed E-state index contributed by atoms with van der Waals surface area (Å²) in [4.78, 5) is 15.4. The van der Waals surface area contributed by atoms with Gasteiger partial charge in [-0.2, -0.15) is 4.98 Å². The Kier molecular flexibility index (Phi) is 2.91. The zero-order valence-electron chi connectivity index (χ0n) is 9.45. The highest BCUT2D eigenvalue weighted by molar-refractivity contribution is 5.84. The van der Waals surface area contributed by atoms with Crippen LogP contribution in [0, 0.1) is 0 Å². The number of rotatable bonds is 3. The largest absolute Gasteiger partial charge is 0.460 e. The first-order valence-corrected chi connectivity index (χ1v) is 5.38. The Labute approximate surface area is 93.4 Å². The first-order valence-electron chi connectivity index (χ1n) is 5.38.